The maximum absolute atomic E-state index is 14.1. The number of aliphatic carboxylic acids is 2. The lowest BCUT2D eigenvalue weighted by atomic mass is 10.0. The first-order valence-corrected chi connectivity index (χ1v) is 21.1. The fourth-order valence-electron chi connectivity index (χ4n) is 8.20. The van der Waals surface area contributed by atoms with Crippen LogP contribution in [0.15, 0.2) is 48.6 Å². The first kappa shape index (κ1) is 48.4. The van der Waals surface area contributed by atoms with Gasteiger partial charge in [0.05, 0.1) is 29.4 Å². The molecule has 0 saturated carbocycles. The molecule has 3 saturated heterocycles. The molecule has 17 nitrogen and oxygen atoms in total. The molecule has 4 heterocycles. The summed E-state index contributed by atoms with van der Waals surface area (Å²) in [4.78, 5) is 81.1. The van der Waals surface area contributed by atoms with Crippen LogP contribution in [0.4, 0.5) is 34.1 Å². The molecule has 0 spiro atoms. The van der Waals surface area contributed by atoms with Gasteiger partial charge in [-0.2, -0.15) is 13.2 Å². The van der Waals surface area contributed by atoms with Crippen molar-refractivity contribution in [1.82, 2.24) is 24.5 Å². The molecule has 0 unspecified atom stereocenters. The molecular weight excluding hydrogens is 855 g/mol. The first-order valence-electron chi connectivity index (χ1n) is 20.7. The van der Waals surface area contributed by atoms with Gasteiger partial charge >= 0.3 is 36.2 Å². The standard InChI is InChI=1S/C38H49ClF3N7O6.C4H4O4/c1-2-54-33(50)24-45-12-8-27(9-13-45)46-17-19-47(20-18-46)35(51)32(23-25-21-29(38(40,41)42)34(43)30(39)22-25)55-37(53)48-14-10-28(11-15-48)49-16-7-26-5-3-4-6-31(26)44-36(49)52;5-3(6)1-2-4(7)8/h3-6,21-22,27-28,32H,2,7-20,23-24,43H2,1H3,(H,44,52);1-2H,(H,5,6)(H,7,8)/b;2-1+/t32-;/m1./s1. The Hall–Kier alpha value is -5.60. The second kappa shape index (κ2) is 22.2. The molecule has 1 atom stereocenters. The van der Waals surface area contributed by atoms with Crippen LogP contribution in [-0.4, -0.2) is 161 Å². The Kier molecular flexibility index (Phi) is 17.0. The monoisotopic (exact) mass is 907 g/mol. The van der Waals surface area contributed by atoms with E-state index in [4.69, 9.17) is 37.0 Å². The molecule has 63 heavy (non-hydrogen) atoms. The Labute approximate surface area is 367 Å². The van der Waals surface area contributed by atoms with Gasteiger partial charge in [-0.25, -0.2) is 19.2 Å². The second-order valence-electron chi connectivity index (χ2n) is 15.5. The van der Waals surface area contributed by atoms with Crippen molar-refractivity contribution in [1.29, 1.82) is 0 Å². The number of benzene rings is 2. The van der Waals surface area contributed by atoms with Crippen molar-refractivity contribution < 1.29 is 61.6 Å². The van der Waals surface area contributed by atoms with Crippen LogP contribution in [-0.2, 0) is 47.7 Å². The zero-order chi connectivity index (χ0) is 45.8. The van der Waals surface area contributed by atoms with Crippen molar-refractivity contribution in [3.63, 3.8) is 0 Å². The normalized spacial score (nSPS) is 18.7. The number of alkyl halides is 3. The Morgan fingerprint density at radius 3 is 2.11 bits per heavy atom. The van der Waals surface area contributed by atoms with E-state index in [0.29, 0.717) is 70.7 Å². The number of urea groups is 1. The van der Waals surface area contributed by atoms with Crippen LogP contribution in [0.5, 0.6) is 0 Å². The molecule has 3 fully saturated rings. The number of nitrogen functional groups attached to an aromatic ring is 1. The summed E-state index contributed by atoms with van der Waals surface area (Å²) in [5.41, 5.74) is 5.81. The molecule has 344 valence electrons. The van der Waals surface area contributed by atoms with E-state index in [1.165, 1.54) is 11.0 Å². The number of halogens is 4. The molecule has 21 heteroatoms. The van der Waals surface area contributed by atoms with E-state index in [2.05, 4.69) is 15.1 Å². The van der Waals surface area contributed by atoms with E-state index < -0.39 is 47.5 Å². The van der Waals surface area contributed by atoms with Crippen LogP contribution in [0.3, 0.4) is 0 Å². The van der Waals surface area contributed by atoms with Crippen molar-refractivity contribution in [2.45, 2.75) is 69.8 Å². The quantitative estimate of drug-likeness (QED) is 0.140. The molecule has 5 N–H and O–H groups in total. The number of nitrogens with zero attached hydrogens (tertiary/aromatic N) is 5. The largest absolute Gasteiger partial charge is 0.478 e. The highest BCUT2D eigenvalue weighted by molar-refractivity contribution is 6.33. The topological polar surface area (TPSA) is 216 Å². The summed E-state index contributed by atoms with van der Waals surface area (Å²) in [6.07, 6.45) is -2.79. The summed E-state index contributed by atoms with van der Waals surface area (Å²) < 4.78 is 52.5. The van der Waals surface area contributed by atoms with Crippen molar-refractivity contribution in [3.8, 4) is 0 Å². The van der Waals surface area contributed by atoms with Gasteiger partial charge in [0.25, 0.3) is 5.91 Å². The predicted octanol–water partition coefficient (Wildman–Crippen LogP) is 4.43. The minimum atomic E-state index is -4.79. The number of amides is 4. The van der Waals surface area contributed by atoms with Crippen LogP contribution < -0.4 is 11.1 Å². The number of likely N-dealkylation sites (tertiary alicyclic amines) is 2. The van der Waals surface area contributed by atoms with Crippen LogP contribution in [0.1, 0.15) is 49.3 Å². The molecule has 0 bridgehead atoms. The van der Waals surface area contributed by atoms with E-state index in [-0.39, 0.29) is 60.7 Å². The van der Waals surface area contributed by atoms with Gasteiger partial charge in [-0.15, -0.1) is 0 Å². The third-order valence-electron chi connectivity index (χ3n) is 11.5. The van der Waals surface area contributed by atoms with Crippen LogP contribution in [0.2, 0.25) is 5.02 Å². The number of carboxylic acid groups (broad SMARTS) is 2. The second-order valence-corrected chi connectivity index (χ2v) is 16.0. The molecule has 4 aliphatic heterocycles. The number of para-hydroxylation sites is 1. The Bertz CT molecular complexity index is 1980. The van der Waals surface area contributed by atoms with Gasteiger partial charge in [0.1, 0.15) is 0 Å². The van der Waals surface area contributed by atoms with Gasteiger partial charge in [0, 0.05) is 95.2 Å². The van der Waals surface area contributed by atoms with Gasteiger partial charge < -0.3 is 45.4 Å². The number of rotatable bonds is 11. The van der Waals surface area contributed by atoms with E-state index >= 15 is 0 Å². The number of nitrogens with two attached hydrogens (primary N) is 1. The number of fused-ring (bicyclic) bond motifs is 1. The number of piperazine rings is 1. The third kappa shape index (κ3) is 13.7. The molecule has 0 radical (unpaired) electrons. The number of nitrogens with one attached hydrogen (secondary N) is 1. The fraction of sp³-hybridized carbons (Fsp3) is 0.524. The van der Waals surface area contributed by atoms with Gasteiger partial charge in [0.2, 0.25) is 0 Å². The lowest BCUT2D eigenvalue weighted by molar-refractivity contribution is -0.145. The number of hydrogen-bond acceptors (Lipinski definition) is 11. The number of ether oxygens (including phenoxy) is 2. The van der Waals surface area contributed by atoms with E-state index in [0.717, 1.165) is 43.2 Å². The molecule has 2 aromatic carbocycles. The van der Waals surface area contributed by atoms with Gasteiger partial charge in [-0.3, -0.25) is 19.4 Å². The number of carbonyl (C=O) groups is 6. The summed E-state index contributed by atoms with van der Waals surface area (Å²) in [5.74, 6) is -3.26. The molecule has 0 aliphatic carbocycles. The highest BCUT2D eigenvalue weighted by Gasteiger charge is 2.38. The number of hydrogen-bond donors (Lipinski definition) is 4. The molecule has 0 aromatic heterocycles. The maximum Gasteiger partial charge on any atom is 0.418 e. The summed E-state index contributed by atoms with van der Waals surface area (Å²) in [6.45, 7) is 6.79. The number of esters is 1. The maximum atomic E-state index is 14.1. The van der Waals surface area contributed by atoms with Crippen LogP contribution >= 0.6 is 11.6 Å². The summed E-state index contributed by atoms with van der Waals surface area (Å²) in [6, 6.07) is 9.74. The van der Waals surface area contributed by atoms with Crippen molar-refractivity contribution in [3.05, 3.63) is 70.3 Å². The SMILES string of the molecule is CCOC(=O)CN1CCC(N2CCN(C(=O)[C@@H](Cc3cc(Cl)c(N)c(C(F)(F)F)c3)OC(=O)N3CCC(N4CCc5ccccc5NC4=O)CC3)CC2)CC1.O=C(O)/C=C/C(=O)O. The zero-order valence-corrected chi connectivity index (χ0v) is 35.6. The predicted molar refractivity (Wildman–Crippen MR) is 224 cm³/mol. The summed E-state index contributed by atoms with van der Waals surface area (Å²) >= 11 is 6.13. The first-order chi connectivity index (χ1) is 29.9. The molecule has 4 amide bonds. The Morgan fingerprint density at radius 2 is 1.51 bits per heavy atom. The molecule has 4 aliphatic rings. The van der Waals surface area contributed by atoms with Crippen molar-refractivity contribution in [2.24, 2.45) is 0 Å². The van der Waals surface area contributed by atoms with Gasteiger partial charge in [-0.1, -0.05) is 29.8 Å². The highest BCUT2D eigenvalue weighted by atomic mass is 35.5. The third-order valence-corrected chi connectivity index (χ3v) is 11.8. The minimum absolute atomic E-state index is 0.0535. The Morgan fingerprint density at radius 1 is 0.889 bits per heavy atom. The average molecular weight is 908 g/mol. The lowest BCUT2D eigenvalue weighted by Crippen LogP contribution is -2.57. The smallest absolute Gasteiger partial charge is 0.418 e. The lowest BCUT2D eigenvalue weighted by Gasteiger charge is -2.43. The van der Waals surface area contributed by atoms with E-state index in [1.807, 2.05) is 24.3 Å². The van der Waals surface area contributed by atoms with E-state index in [9.17, 15) is 41.9 Å². The fourth-order valence-corrected chi connectivity index (χ4v) is 8.44. The average Bonchev–Trinajstić information content (AvgIpc) is 3.42. The summed E-state index contributed by atoms with van der Waals surface area (Å²) in [7, 11) is 0. The number of anilines is 2. The van der Waals surface area contributed by atoms with Gasteiger partial charge in [0.15, 0.2) is 6.10 Å². The minimum Gasteiger partial charge on any atom is -0.478 e. The van der Waals surface area contributed by atoms with Crippen molar-refractivity contribution in [2.75, 3.05) is 83.1 Å². The number of carbonyl (C=O) groups excluding carboxylic acids is 4. The van der Waals surface area contributed by atoms with Crippen LogP contribution in [0.25, 0.3) is 0 Å². The molecular formula is C42H53ClF3N7O10. The van der Waals surface area contributed by atoms with Crippen LogP contribution in [0, 0.1) is 0 Å². The summed E-state index contributed by atoms with van der Waals surface area (Å²) in [5, 5.41) is 18.3. The molecule has 6 rings (SSSR count). The molecule has 2 aromatic rings. The van der Waals surface area contributed by atoms with E-state index in [1.54, 1.807) is 16.7 Å². The number of carboxylic acids is 2. The van der Waals surface area contributed by atoms with Gasteiger partial charge in [-0.05, 0) is 68.4 Å². The highest BCUT2D eigenvalue weighted by Crippen LogP contribution is 2.38. The number of piperidine rings is 2. The van der Waals surface area contributed by atoms with Crippen molar-refractivity contribution >= 4 is 58.9 Å². The zero-order valence-electron chi connectivity index (χ0n) is 34.9. The Balaban J connectivity index is 0.000000852.